The number of benzene rings is 3. The lowest BCUT2D eigenvalue weighted by molar-refractivity contribution is 0.107. The molecule has 36 heavy (non-hydrogen) atoms. The van der Waals surface area contributed by atoms with E-state index >= 15 is 0 Å². The molecule has 0 aliphatic carbocycles. The fraction of sp³-hybridized carbons (Fsp3) is 0.107. The molecule has 0 aliphatic rings. The second-order valence-corrected chi connectivity index (χ2v) is 8.46. The Morgan fingerprint density at radius 3 is 1.36 bits per heavy atom. The Morgan fingerprint density at radius 2 is 0.944 bits per heavy atom. The highest BCUT2D eigenvalue weighted by atomic mass is 35.5. The first kappa shape index (κ1) is 25.2. The number of carbonyl (C=O) groups excluding carboxylic acids is 2. The normalized spacial score (nSPS) is 10.5. The summed E-state index contributed by atoms with van der Waals surface area (Å²) < 4.78 is 17.9. The van der Waals surface area contributed by atoms with Gasteiger partial charge in [-0.15, -0.1) is 0 Å². The molecule has 0 unspecified atom stereocenters. The van der Waals surface area contributed by atoms with Crippen molar-refractivity contribution < 1.29 is 23.8 Å². The van der Waals surface area contributed by atoms with E-state index in [1.165, 1.54) is 12.1 Å². The number of hydrogen-bond acceptors (Lipinski definition) is 6. The summed E-state index contributed by atoms with van der Waals surface area (Å²) in [6, 6.07) is 27.8. The number of ether oxygens (including phenoxy) is 3. The number of nitrogens with zero attached hydrogens (tertiary/aromatic N) is 1. The van der Waals surface area contributed by atoms with Crippen molar-refractivity contribution in [3.63, 3.8) is 0 Å². The molecule has 4 rings (SSSR count). The van der Waals surface area contributed by atoms with Crippen molar-refractivity contribution in [3.05, 3.63) is 119 Å². The van der Waals surface area contributed by atoms with Gasteiger partial charge in [-0.3, -0.25) is 9.59 Å². The molecule has 0 bridgehead atoms. The molecule has 0 N–H and O–H groups in total. The zero-order chi connectivity index (χ0) is 25.3. The average molecular weight is 522 g/mol. The first-order chi connectivity index (χ1) is 17.5. The number of pyridine rings is 1. The third-order valence-corrected chi connectivity index (χ3v) is 5.43. The van der Waals surface area contributed by atoms with Gasteiger partial charge in [0.2, 0.25) is 0 Å². The fourth-order valence-electron chi connectivity index (χ4n) is 3.32. The van der Waals surface area contributed by atoms with Crippen LogP contribution in [-0.2, 0) is 19.8 Å². The van der Waals surface area contributed by atoms with Gasteiger partial charge in [0.05, 0.1) is 0 Å². The Balaban J connectivity index is 1.54. The highest BCUT2D eigenvalue weighted by molar-refractivity contribution is 6.68. The summed E-state index contributed by atoms with van der Waals surface area (Å²) in [7, 11) is 0. The number of halogens is 2. The first-order valence-electron chi connectivity index (χ1n) is 11.0. The van der Waals surface area contributed by atoms with Crippen LogP contribution in [0.5, 0.6) is 17.2 Å². The highest BCUT2D eigenvalue weighted by Crippen LogP contribution is 2.26. The summed E-state index contributed by atoms with van der Waals surface area (Å²) >= 11 is 11.1. The molecule has 1 aromatic heterocycles. The first-order valence-corrected chi connectivity index (χ1v) is 11.7. The van der Waals surface area contributed by atoms with Crippen LogP contribution in [0.15, 0.2) is 91.0 Å². The molecule has 0 atom stereocenters. The minimum atomic E-state index is -0.826. The van der Waals surface area contributed by atoms with Crippen LogP contribution < -0.4 is 14.2 Å². The number of hydrogen-bond donors (Lipinski definition) is 0. The molecule has 0 fully saturated rings. The van der Waals surface area contributed by atoms with E-state index in [0.717, 1.165) is 16.7 Å². The molecule has 182 valence electrons. The molecule has 0 saturated carbocycles. The van der Waals surface area contributed by atoms with Crippen molar-refractivity contribution >= 4 is 33.7 Å². The van der Waals surface area contributed by atoms with E-state index in [0.29, 0.717) is 24.7 Å². The molecule has 4 aromatic rings. The van der Waals surface area contributed by atoms with Crippen LogP contribution in [0.3, 0.4) is 0 Å². The van der Waals surface area contributed by atoms with Crippen molar-refractivity contribution in [2.24, 2.45) is 0 Å². The fourth-order valence-corrected chi connectivity index (χ4v) is 3.51. The van der Waals surface area contributed by atoms with Crippen LogP contribution in [0.4, 0.5) is 0 Å². The van der Waals surface area contributed by atoms with Crippen LogP contribution in [0.2, 0.25) is 0 Å². The number of carbonyl (C=O) groups is 2. The third-order valence-electron chi connectivity index (χ3n) is 5.04. The number of aromatic nitrogens is 1. The van der Waals surface area contributed by atoms with Gasteiger partial charge in [-0.2, -0.15) is 0 Å². The van der Waals surface area contributed by atoms with E-state index in [2.05, 4.69) is 4.98 Å². The van der Waals surface area contributed by atoms with Gasteiger partial charge in [-0.25, -0.2) is 4.98 Å². The van der Waals surface area contributed by atoms with E-state index in [9.17, 15) is 9.59 Å². The smallest absolute Gasteiger partial charge is 0.270 e. The van der Waals surface area contributed by atoms with Gasteiger partial charge < -0.3 is 14.2 Å². The third kappa shape index (κ3) is 7.31. The van der Waals surface area contributed by atoms with Crippen LogP contribution in [-0.4, -0.2) is 15.5 Å². The Morgan fingerprint density at radius 1 is 0.556 bits per heavy atom. The van der Waals surface area contributed by atoms with E-state index in [-0.39, 0.29) is 23.7 Å². The van der Waals surface area contributed by atoms with Crippen LogP contribution >= 0.6 is 23.2 Å². The molecule has 6 nitrogen and oxygen atoms in total. The molecule has 0 aliphatic heterocycles. The van der Waals surface area contributed by atoms with Crippen LogP contribution in [0.1, 0.15) is 37.7 Å². The molecule has 1 heterocycles. The Kier molecular flexibility index (Phi) is 8.55. The lowest BCUT2D eigenvalue weighted by atomic mass is 10.2. The lowest BCUT2D eigenvalue weighted by Crippen LogP contribution is -2.05. The molecule has 0 amide bonds. The maximum absolute atomic E-state index is 11.6. The van der Waals surface area contributed by atoms with Gasteiger partial charge in [0.1, 0.15) is 48.5 Å². The molecule has 0 radical (unpaired) electrons. The van der Waals surface area contributed by atoms with Crippen LogP contribution in [0.25, 0.3) is 0 Å². The van der Waals surface area contributed by atoms with Gasteiger partial charge >= 0.3 is 0 Å². The summed E-state index contributed by atoms with van der Waals surface area (Å²) in [5.74, 6) is 1.43. The molecule has 8 heteroatoms. The van der Waals surface area contributed by atoms with Crippen molar-refractivity contribution in [3.8, 4) is 17.2 Å². The Bertz CT molecular complexity index is 1250. The topological polar surface area (TPSA) is 74.7 Å². The van der Waals surface area contributed by atoms with Crippen LogP contribution in [0, 0.1) is 0 Å². The summed E-state index contributed by atoms with van der Waals surface area (Å²) in [5.41, 5.74) is 2.53. The number of rotatable bonds is 11. The quantitative estimate of drug-likeness (QED) is 0.207. The van der Waals surface area contributed by atoms with E-state index in [1.54, 1.807) is 0 Å². The summed E-state index contributed by atoms with van der Waals surface area (Å²) in [6.07, 6.45) is 0. The summed E-state index contributed by atoms with van der Waals surface area (Å²) in [5, 5.41) is -1.65. The SMILES string of the molecule is O=C(Cl)c1cc(OCc2cc(OCc3ccccc3)cc(OCc3ccccc3)c2)cc(C(=O)Cl)n1. The van der Waals surface area contributed by atoms with Crippen molar-refractivity contribution in [2.75, 3.05) is 0 Å². The van der Waals surface area contributed by atoms with Crippen molar-refractivity contribution in [2.45, 2.75) is 19.8 Å². The second-order valence-electron chi connectivity index (χ2n) is 7.77. The molecule has 0 saturated heterocycles. The Labute approximate surface area is 218 Å². The maximum Gasteiger partial charge on any atom is 0.270 e. The predicted molar refractivity (Wildman–Crippen MR) is 137 cm³/mol. The molecular weight excluding hydrogens is 501 g/mol. The van der Waals surface area contributed by atoms with Gasteiger partial charge in [0.25, 0.3) is 10.5 Å². The minimum Gasteiger partial charge on any atom is -0.489 e. The van der Waals surface area contributed by atoms with Crippen molar-refractivity contribution in [1.29, 1.82) is 0 Å². The zero-order valence-corrected chi connectivity index (χ0v) is 20.5. The van der Waals surface area contributed by atoms with Gasteiger partial charge in [0, 0.05) is 18.2 Å². The largest absolute Gasteiger partial charge is 0.489 e. The lowest BCUT2D eigenvalue weighted by Gasteiger charge is -2.14. The van der Waals surface area contributed by atoms with Crippen molar-refractivity contribution in [1.82, 2.24) is 4.98 Å². The monoisotopic (exact) mass is 521 g/mol. The zero-order valence-electron chi connectivity index (χ0n) is 19.0. The standard InChI is InChI=1S/C28H21Cl2NO5/c29-27(32)25-14-24(15-26(31-25)28(30)33)36-18-21-11-22(34-16-19-7-3-1-4-8-19)13-23(12-21)35-17-20-9-5-2-6-10-20/h1-15H,16-18H2. The van der Waals surface area contributed by atoms with E-state index in [1.807, 2.05) is 78.9 Å². The van der Waals surface area contributed by atoms with Gasteiger partial charge in [-0.05, 0) is 52.0 Å². The summed E-state index contributed by atoms with van der Waals surface area (Å²) in [6.45, 7) is 0.867. The molecule has 0 spiro atoms. The van der Waals surface area contributed by atoms with E-state index < -0.39 is 10.5 Å². The van der Waals surface area contributed by atoms with Gasteiger partial charge in [-0.1, -0.05) is 60.7 Å². The molecular formula is C28H21Cl2NO5. The predicted octanol–water partition coefficient (Wildman–Crippen LogP) is 6.58. The van der Waals surface area contributed by atoms with Gasteiger partial charge in [0.15, 0.2) is 0 Å². The Hall–Kier alpha value is -3.87. The minimum absolute atomic E-state index is 0.0973. The average Bonchev–Trinajstić information content (AvgIpc) is 2.90. The molecule has 3 aromatic carbocycles. The second kappa shape index (κ2) is 12.2. The summed E-state index contributed by atoms with van der Waals surface area (Å²) in [4.78, 5) is 27.0. The highest BCUT2D eigenvalue weighted by Gasteiger charge is 2.14. The van der Waals surface area contributed by atoms with E-state index in [4.69, 9.17) is 37.4 Å². The maximum atomic E-state index is 11.6.